The van der Waals surface area contributed by atoms with Crippen molar-refractivity contribution >= 4 is 40.3 Å². The Morgan fingerprint density at radius 1 is 0.922 bits per heavy atom. The number of amides is 3. The molecule has 3 aromatic carbocycles. The Labute approximate surface area is 299 Å². The van der Waals surface area contributed by atoms with Crippen LogP contribution in [0, 0.1) is 24.7 Å². The van der Waals surface area contributed by atoms with E-state index in [0.717, 1.165) is 71.7 Å². The first-order chi connectivity index (χ1) is 24.4. The second-order valence-corrected chi connectivity index (χ2v) is 15.3. The molecule has 1 aromatic heterocycles. The van der Waals surface area contributed by atoms with Gasteiger partial charge in [-0.25, -0.2) is 4.79 Å². The number of H-pyrrole nitrogens is 1. The van der Waals surface area contributed by atoms with E-state index in [2.05, 4.69) is 26.1 Å². The molecular weight excluding hydrogens is 642 g/mol. The highest BCUT2D eigenvalue weighted by Gasteiger charge is 2.31. The Morgan fingerprint density at radius 3 is 2.35 bits per heavy atom. The van der Waals surface area contributed by atoms with Gasteiger partial charge in [0.25, 0.3) is 5.91 Å². The maximum atomic E-state index is 13.8. The zero-order valence-electron chi connectivity index (χ0n) is 30.0. The Balaban J connectivity index is 1.10. The molecule has 2 aliphatic carbocycles. The molecule has 3 amide bonds. The molecule has 10 nitrogen and oxygen atoms in total. The van der Waals surface area contributed by atoms with Crippen molar-refractivity contribution in [2.24, 2.45) is 17.8 Å². The summed E-state index contributed by atoms with van der Waals surface area (Å²) in [6.07, 6.45) is 7.10. The first-order valence-corrected chi connectivity index (χ1v) is 18.1. The summed E-state index contributed by atoms with van der Waals surface area (Å²) in [5, 5.41) is 16.9. The van der Waals surface area contributed by atoms with Gasteiger partial charge in [0.2, 0.25) is 5.91 Å². The number of aromatic nitrogens is 2. The maximum absolute atomic E-state index is 13.8. The molecule has 0 spiro atoms. The minimum atomic E-state index is -0.557. The molecule has 10 heteroatoms. The summed E-state index contributed by atoms with van der Waals surface area (Å²) in [6, 6.07) is 19.8. The van der Waals surface area contributed by atoms with Gasteiger partial charge in [-0.05, 0) is 131 Å². The average molecular weight is 692 g/mol. The number of ketones is 1. The number of aromatic amines is 1. The zero-order chi connectivity index (χ0) is 36.1. The van der Waals surface area contributed by atoms with E-state index < -0.39 is 17.6 Å². The number of hydrogen-bond acceptors (Lipinski definition) is 6. The van der Waals surface area contributed by atoms with Gasteiger partial charge in [-0.1, -0.05) is 30.3 Å². The summed E-state index contributed by atoms with van der Waals surface area (Å²) in [7, 11) is 0. The molecule has 0 bridgehead atoms. The molecule has 4 aromatic rings. The number of nitrogens with one attached hydrogen (secondary N) is 4. The molecule has 2 fully saturated rings. The van der Waals surface area contributed by atoms with Crippen molar-refractivity contribution in [2.45, 2.75) is 90.7 Å². The topological polar surface area (TPSA) is 142 Å². The van der Waals surface area contributed by atoms with Crippen LogP contribution in [0.15, 0.2) is 66.9 Å². The van der Waals surface area contributed by atoms with Gasteiger partial charge < -0.3 is 20.7 Å². The largest absolute Gasteiger partial charge is 0.444 e. The monoisotopic (exact) mass is 691 g/mol. The van der Waals surface area contributed by atoms with Gasteiger partial charge >= 0.3 is 6.09 Å². The fourth-order valence-electron chi connectivity index (χ4n) is 6.89. The summed E-state index contributed by atoms with van der Waals surface area (Å²) in [6.45, 7) is 8.04. The van der Waals surface area contributed by atoms with E-state index in [9.17, 15) is 19.2 Å². The van der Waals surface area contributed by atoms with Crippen molar-refractivity contribution < 1.29 is 23.9 Å². The Morgan fingerprint density at radius 2 is 1.67 bits per heavy atom. The lowest BCUT2D eigenvalue weighted by molar-refractivity contribution is -0.129. The van der Waals surface area contributed by atoms with Crippen molar-refractivity contribution in [3.05, 3.63) is 83.6 Å². The number of alkyl carbamates (subject to hydrolysis) is 1. The second kappa shape index (κ2) is 15.5. The summed E-state index contributed by atoms with van der Waals surface area (Å²) in [5.74, 6) is -0.504. The molecular formula is C41H49N5O5. The number of anilines is 1. The van der Waals surface area contributed by atoms with Crippen molar-refractivity contribution in [1.29, 1.82) is 0 Å². The quantitative estimate of drug-likeness (QED) is 0.121. The SMILES string of the molecule is Cc1cc(C(=O)NC2CC2)ccc1-c1ccc(C[C@H](CC(=O)C2CCC(CNC(=O)OC(C)(C)C)CC2)C(=O)Nc2ccc3cn[nH]c3c2)cc1. The van der Waals surface area contributed by atoms with Crippen LogP contribution in [0.3, 0.4) is 0 Å². The highest BCUT2D eigenvalue weighted by molar-refractivity contribution is 5.98. The van der Waals surface area contributed by atoms with Gasteiger partial charge in [0.15, 0.2) is 0 Å². The van der Waals surface area contributed by atoms with Gasteiger partial charge in [0, 0.05) is 47.5 Å². The van der Waals surface area contributed by atoms with Crippen LogP contribution < -0.4 is 16.0 Å². The molecule has 2 saturated carbocycles. The number of aryl methyl sites for hydroxylation is 1. The molecule has 6 rings (SSSR count). The zero-order valence-corrected chi connectivity index (χ0v) is 30.0. The van der Waals surface area contributed by atoms with E-state index in [4.69, 9.17) is 4.74 Å². The lowest BCUT2D eigenvalue weighted by Gasteiger charge is -2.29. The van der Waals surface area contributed by atoms with Crippen molar-refractivity contribution in [3.63, 3.8) is 0 Å². The molecule has 268 valence electrons. The van der Waals surface area contributed by atoms with Crippen LogP contribution in [-0.2, 0) is 20.7 Å². The van der Waals surface area contributed by atoms with Crippen molar-refractivity contribution in [2.75, 3.05) is 11.9 Å². The summed E-state index contributed by atoms with van der Waals surface area (Å²) >= 11 is 0. The number of rotatable bonds is 12. The average Bonchev–Trinajstić information content (AvgIpc) is 3.79. The molecule has 0 aliphatic heterocycles. The van der Waals surface area contributed by atoms with Gasteiger partial charge in [0.1, 0.15) is 11.4 Å². The van der Waals surface area contributed by atoms with E-state index in [1.807, 2.05) is 88.4 Å². The van der Waals surface area contributed by atoms with E-state index in [1.54, 1.807) is 6.20 Å². The van der Waals surface area contributed by atoms with Crippen LogP contribution in [0.1, 0.15) is 87.2 Å². The normalized spacial score (nSPS) is 18.1. The molecule has 1 atom stereocenters. The number of carbonyl (C=O) groups is 4. The molecule has 51 heavy (non-hydrogen) atoms. The number of hydrogen-bond donors (Lipinski definition) is 4. The Kier molecular flexibility index (Phi) is 10.9. The number of carbonyl (C=O) groups excluding carboxylic acids is 4. The fourth-order valence-corrected chi connectivity index (χ4v) is 6.89. The second-order valence-electron chi connectivity index (χ2n) is 15.3. The van der Waals surface area contributed by atoms with Gasteiger partial charge in [-0.2, -0.15) is 5.10 Å². The molecule has 0 saturated heterocycles. The molecule has 0 unspecified atom stereocenters. The predicted octanol–water partition coefficient (Wildman–Crippen LogP) is 7.52. The number of ether oxygens (including phenoxy) is 1. The number of fused-ring (bicyclic) bond motifs is 1. The Hall–Kier alpha value is -4.99. The van der Waals surface area contributed by atoms with Crippen LogP contribution in [-0.4, -0.2) is 52.1 Å². The van der Waals surface area contributed by atoms with Crippen molar-refractivity contribution in [3.8, 4) is 11.1 Å². The first-order valence-electron chi connectivity index (χ1n) is 18.1. The highest BCUT2D eigenvalue weighted by atomic mass is 16.6. The lowest BCUT2D eigenvalue weighted by atomic mass is 9.77. The third-order valence-corrected chi connectivity index (χ3v) is 9.91. The van der Waals surface area contributed by atoms with Gasteiger partial charge in [-0.15, -0.1) is 0 Å². The maximum Gasteiger partial charge on any atom is 0.407 e. The van der Waals surface area contributed by atoms with Crippen LogP contribution in [0.2, 0.25) is 0 Å². The van der Waals surface area contributed by atoms with Crippen LogP contribution in [0.5, 0.6) is 0 Å². The summed E-state index contributed by atoms with van der Waals surface area (Å²) < 4.78 is 5.36. The smallest absolute Gasteiger partial charge is 0.407 e. The van der Waals surface area contributed by atoms with Crippen LogP contribution in [0.25, 0.3) is 22.0 Å². The third kappa shape index (κ3) is 9.84. The van der Waals surface area contributed by atoms with Gasteiger partial charge in [0.05, 0.1) is 11.7 Å². The van der Waals surface area contributed by atoms with Crippen molar-refractivity contribution in [1.82, 2.24) is 20.8 Å². The number of benzene rings is 3. The molecule has 4 N–H and O–H groups in total. The third-order valence-electron chi connectivity index (χ3n) is 9.91. The highest BCUT2D eigenvalue weighted by Crippen LogP contribution is 2.32. The first kappa shape index (κ1) is 35.8. The van der Waals surface area contributed by atoms with Crippen LogP contribution >= 0.6 is 0 Å². The van der Waals surface area contributed by atoms with Crippen LogP contribution in [0.4, 0.5) is 10.5 Å². The van der Waals surface area contributed by atoms with E-state index in [-0.39, 0.29) is 35.9 Å². The lowest BCUT2D eigenvalue weighted by Crippen LogP contribution is -2.37. The summed E-state index contributed by atoms with van der Waals surface area (Å²) in [5.41, 5.74) is 5.62. The Bertz CT molecular complexity index is 1880. The molecule has 1 heterocycles. The van der Waals surface area contributed by atoms with Gasteiger partial charge in [-0.3, -0.25) is 19.5 Å². The van der Waals surface area contributed by atoms with E-state index in [0.29, 0.717) is 30.3 Å². The minimum Gasteiger partial charge on any atom is -0.444 e. The fraction of sp³-hybridized carbons (Fsp3) is 0.439. The minimum absolute atomic E-state index is 0.0332. The standard InChI is InChI=1S/C41H49N5O5/c1-25-19-30(38(48)44-33-16-17-33)14-18-35(25)28-9-5-26(6-10-28)20-32(39(49)45-34-15-13-31-24-43-46-36(31)22-34)21-37(47)29-11-7-27(8-12-29)23-42-40(50)51-41(2,3)4/h5-6,9-10,13-15,18-19,22,24,27,29,32-33H,7-8,11-12,16-17,20-21,23H2,1-4H3,(H,42,50)(H,43,46)(H,44,48)(H,45,49)/t27?,29?,32-/m1/s1. The predicted molar refractivity (Wildman–Crippen MR) is 198 cm³/mol. The number of Topliss-reactive ketones (excluding diaryl/α,β-unsaturated/α-hetero) is 1. The summed E-state index contributed by atoms with van der Waals surface area (Å²) in [4.78, 5) is 52.2. The number of nitrogens with zero attached hydrogens (tertiary/aromatic N) is 1. The molecule has 0 radical (unpaired) electrons. The molecule has 2 aliphatic rings. The van der Waals surface area contributed by atoms with E-state index in [1.165, 1.54) is 0 Å². The van der Waals surface area contributed by atoms with E-state index >= 15 is 0 Å².